The van der Waals surface area contributed by atoms with Gasteiger partial charge in [-0.2, -0.15) is 0 Å². The van der Waals surface area contributed by atoms with Crippen molar-refractivity contribution in [3.63, 3.8) is 0 Å². The molecule has 0 aliphatic carbocycles. The minimum absolute atomic E-state index is 0.663. The van der Waals surface area contributed by atoms with E-state index in [2.05, 4.69) is 51.8 Å². The quantitative estimate of drug-likeness (QED) is 0.521. The highest BCUT2D eigenvalue weighted by Crippen LogP contribution is 2.19. The summed E-state index contributed by atoms with van der Waals surface area (Å²) >= 11 is 0. The van der Waals surface area contributed by atoms with Crippen LogP contribution in [0.4, 0.5) is 0 Å². The fourth-order valence-corrected chi connectivity index (χ4v) is 3.11. The summed E-state index contributed by atoms with van der Waals surface area (Å²) in [4.78, 5) is 2.78. The highest BCUT2D eigenvalue weighted by Gasteiger charge is 2.27. The molecule has 0 aliphatic rings. The van der Waals surface area contributed by atoms with Gasteiger partial charge in [-0.15, -0.1) is 0 Å². The summed E-state index contributed by atoms with van der Waals surface area (Å²) in [5.41, 5.74) is 0. The van der Waals surface area contributed by atoms with Gasteiger partial charge < -0.3 is 5.32 Å². The second kappa shape index (κ2) is 12.6. The van der Waals surface area contributed by atoms with E-state index in [1.807, 2.05) is 0 Å². The second-order valence-electron chi connectivity index (χ2n) is 6.17. The number of hydrogen-bond acceptors (Lipinski definition) is 2. The normalized spacial score (nSPS) is 16.4. The SMILES string of the molecule is CCCCN(C(C)CC)C(CC)C(CCC)NCCC. The maximum absolute atomic E-state index is 3.82. The maximum Gasteiger partial charge on any atom is 0.0249 e. The molecule has 3 atom stereocenters. The molecule has 0 fully saturated rings. The zero-order valence-corrected chi connectivity index (χ0v) is 15.0. The average Bonchev–Trinajstić information content (AvgIpc) is 2.47. The molecule has 0 aromatic heterocycles. The molecular formula is C18H40N2. The second-order valence-corrected chi connectivity index (χ2v) is 6.17. The lowest BCUT2D eigenvalue weighted by Crippen LogP contribution is -2.53. The van der Waals surface area contributed by atoms with Crippen LogP contribution in [-0.2, 0) is 0 Å². The fourth-order valence-electron chi connectivity index (χ4n) is 3.11. The Labute approximate surface area is 128 Å². The van der Waals surface area contributed by atoms with Crippen molar-refractivity contribution >= 4 is 0 Å². The standard InChI is InChI=1S/C18H40N2/c1-7-12-15-20(16(6)10-4)18(11-5)17(13-8-2)19-14-9-3/h16-19H,7-15H2,1-6H3. The van der Waals surface area contributed by atoms with Crippen LogP contribution >= 0.6 is 0 Å². The summed E-state index contributed by atoms with van der Waals surface area (Å²) in [5.74, 6) is 0. The van der Waals surface area contributed by atoms with E-state index in [-0.39, 0.29) is 0 Å². The third-order valence-corrected chi connectivity index (χ3v) is 4.49. The molecule has 0 heterocycles. The van der Waals surface area contributed by atoms with Gasteiger partial charge in [-0.25, -0.2) is 0 Å². The molecule has 0 aromatic carbocycles. The minimum Gasteiger partial charge on any atom is -0.312 e. The third kappa shape index (κ3) is 7.08. The Morgan fingerprint density at radius 1 is 0.900 bits per heavy atom. The van der Waals surface area contributed by atoms with Crippen molar-refractivity contribution in [1.29, 1.82) is 0 Å². The molecule has 0 radical (unpaired) electrons. The Morgan fingerprint density at radius 3 is 2.05 bits per heavy atom. The Bertz CT molecular complexity index is 206. The van der Waals surface area contributed by atoms with E-state index in [1.165, 1.54) is 51.5 Å². The van der Waals surface area contributed by atoms with Crippen LogP contribution in [0.1, 0.15) is 86.5 Å². The summed E-state index contributed by atoms with van der Waals surface area (Å²) in [6.45, 7) is 16.4. The lowest BCUT2D eigenvalue weighted by Gasteiger charge is -2.41. The molecule has 1 N–H and O–H groups in total. The van der Waals surface area contributed by atoms with E-state index >= 15 is 0 Å². The summed E-state index contributed by atoms with van der Waals surface area (Å²) in [6, 6.07) is 2.06. The maximum atomic E-state index is 3.82. The topological polar surface area (TPSA) is 15.3 Å². The van der Waals surface area contributed by atoms with Crippen molar-refractivity contribution in [3.05, 3.63) is 0 Å². The molecule has 0 aromatic rings. The third-order valence-electron chi connectivity index (χ3n) is 4.49. The van der Waals surface area contributed by atoms with Crippen LogP contribution in [0, 0.1) is 0 Å². The van der Waals surface area contributed by atoms with Crippen LogP contribution in [0.2, 0.25) is 0 Å². The van der Waals surface area contributed by atoms with Crippen molar-refractivity contribution in [2.75, 3.05) is 13.1 Å². The Hall–Kier alpha value is -0.0800. The molecule has 0 rings (SSSR count). The van der Waals surface area contributed by atoms with Crippen LogP contribution in [0.25, 0.3) is 0 Å². The van der Waals surface area contributed by atoms with Gasteiger partial charge >= 0.3 is 0 Å². The van der Waals surface area contributed by atoms with Crippen molar-refractivity contribution in [2.45, 2.75) is 105 Å². The van der Waals surface area contributed by atoms with Crippen molar-refractivity contribution in [2.24, 2.45) is 0 Å². The molecule has 0 aliphatic heterocycles. The molecule has 0 spiro atoms. The van der Waals surface area contributed by atoms with Gasteiger partial charge in [0.1, 0.15) is 0 Å². The van der Waals surface area contributed by atoms with Gasteiger partial charge in [0.25, 0.3) is 0 Å². The molecule has 0 bridgehead atoms. The highest BCUT2D eigenvalue weighted by molar-refractivity contribution is 4.86. The lowest BCUT2D eigenvalue weighted by molar-refractivity contribution is 0.1000. The number of hydrogen-bond donors (Lipinski definition) is 1. The number of unbranched alkanes of at least 4 members (excludes halogenated alkanes) is 1. The van der Waals surface area contributed by atoms with Crippen LogP contribution in [-0.4, -0.2) is 36.1 Å². The summed E-state index contributed by atoms with van der Waals surface area (Å²) in [6.07, 6.45) is 8.95. The van der Waals surface area contributed by atoms with E-state index in [0.717, 1.165) is 6.54 Å². The van der Waals surface area contributed by atoms with Crippen molar-refractivity contribution in [3.8, 4) is 0 Å². The summed E-state index contributed by atoms with van der Waals surface area (Å²) in [5, 5.41) is 3.82. The first-order valence-corrected chi connectivity index (χ1v) is 9.15. The van der Waals surface area contributed by atoms with Gasteiger partial charge in [0, 0.05) is 18.1 Å². The predicted octanol–water partition coefficient (Wildman–Crippen LogP) is 4.83. The lowest BCUT2D eigenvalue weighted by atomic mass is 9.96. The Morgan fingerprint density at radius 2 is 1.60 bits per heavy atom. The van der Waals surface area contributed by atoms with E-state index in [4.69, 9.17) is 0 Å². The molecule has 0 saturated heterocycles. The first kappa shape index (κ1) is 19.9. The highest BCUT2D eigenvalue weighted by atomic mass is 15.2. The molecule has 0 amide bonds. The zero-order valence-electron chi connectivity index (χ0n) is 15.0. The van der Waals surface area contributed by atoms with Gasteiger partial charge in [0.15, 0.2) is 0 Å². The summed E-state index contributed by atoms with van der Waals surface area (Å²) < 4.78 is 0. The first-order valence-electron chi connectivity index (χ1n) is 9.15. The molecule has 2 heteroatoms. The average molecular weight is 285 g/mol. The van der Waals surface area contributed by atoms with E-state index < -0.39 is 0 Å². The Balaban J connectivity index is 4.86. The van der Waals surface area contributed by atoms with Crippen LogP contribution in [0.15, 0.2) is 0 Å². The summed E-state index contributed by atoms with van der Waals surface area (Å²) in [7, 11) is 0. The molecule has 3 unspecified atom stereocenters. The van der Waals surface area contributed by atoms with Gasteiger partial charge in [-0.05, 0) is 52.1 Å². The number of nitrogens with one attached hydrogen (secondary N) is 1. The zero-order chi connectivity index (χ0) is 15.4. The molecule has 20 heavy (non-hydrogen) atoms. The van der Waals surface area contributed by atoms with E-state index in [9.17, 15) is 0 Å². The van der Waals surface area contributed by atoms with Crippen LogP contribution in [0.3, 0.4) is 0 Å². The van der Waals surface area contributed by atoms with E-state index in [0.29, 0.717) is 18.1 Å². The minimum atomic E-state index is 0.663. The van der Waals surface area contributed by atoms with Gasteiger partial charge in [-0.3, -0.25) is 4.90 Å². The fraction of sp³-hybridized carbons (Fsp3) is 1.00. The van der Waals surface area contributed by atoms with Crippen LogP contribution < -0.4 is 5.32 Å². The number of nitrogens with zero attached hydrogens (tertiary/aromatic N) is 1. The van der Waals surface area contributed by atoms with Crippen molar-refractivity contribution in [1.82, 2.24) is 10.2 Å². The van der Waals surface area contributed by atoms with Crippen molar-refractivity contribution < 1.29 is 0 Å². The monoisotopic (exact) mass is 284 g/mol. The first-order chi connectivity index (χ1) is 9.65. The van der Waals surface area contributed by atoms with Gasteiger partial charge in [-0.1, -0.05) is 47.5 Å². The number of rotatable bonds is 13. The predicted molar refractivity (Wildman–Crippen MR) is 92.4 cm³/mol. The van der Waals surface area contributed by atoms with Gasteiger partial charge in [0.2, 0.25) is 0 Å². The van der Waals surface area contributed by atoms with Gasteiger partial charge in [0.05, 0.1) is 0 Å². The molecular weight excluding hydrogens is 244 g/mol. The largest absolute Gasteiger partial charge is 0.312 e. The Kier molecular flexibility index (Phi) is 12.6. The smallest absolute Gasteiger partial charge is 0.0249 e. The van der Waals surface area contributed by atoms with E-state index in [1.54, 1.807) is 0 Å². The molecule has 122 valence electrons. The molecule has 0 saturated carbocycles. The van der Waals surface area contributed by atoms with Crippen LogP contribution in [0.5, 0.6) is 0 Å². The molecule has 2 nitrogen and oxygen atoms in total.